The first-order valence-corrected chi connectivity index (χ1v) is 12.8. The molecule has 2 N–H and O–H groups in total. The summed E-state index contributed by atoms with van der Waals surface area (Å²) in [6, 6.07) is 17.5. The third-order valence-corrected chi connectivity index (χ3v) is 8.05. The summed E-state index contributed by atoms with van der Waals surface area (Å²) in [4.78, 5) is 17.5. The highest BCUT2D eigenvalue weighted by molar-refractivity contribution is 5.74. The van der Waals surface area contributed by atoms with Gasteiger partial charge in [0.25, 0.3) is 0 Å². The van der Waals surface area contributed by atoms with Crippen molar-refractivity contribution in [2.24, 2.45) is 0 Å². The Morgan fingerprint density at radius 1 is 1.03 bits per heavy atom. The van der Waals surface area contributed by atoms with Crippen molar-refractivity contribution in [3.63, 3.8) is 0 Å². The molecular formula is C28H37N3O3. The van der Waals surface area contributed by atoms with E-state index in [9.17, 15) is 9.90 Å². The first kappa shape index (κ1) is 23.2. The third kappa shape index (κ3) is 4.53. The lowest BCUT2D eigenvalue weighted by Gasteiger charge is -2.57. The Hall–Kier alpha value is -2.57. The molecule has 6 nitrogen and oxygen atoms in total. The maximum atomic E-state index is 13.1. The van der Waals surface area contributed by atoms with Crippen LogP contribution in [0.1, 0.15) is 50.0 Å². The van der Waals surface area contributed by atoms with E-state index in [1.54, 1.807) is 7.11 Å². The smallest absolute Gasteiger partial charge is 0.317 e. The van der Waals surface area contributed by atoms with Gasteiger partial charge in [-0.25, -0.2) is 4.79 Å². The molecule has 3 aliphatic rings. The Balaban J connectivity index is 1.34. The van der Waals surface area contributed by atoms with E-state index in [4.69, 9.17) is 4.74 Å². The molecule has 3 atom stereocenters. The fraction of sp³-hybridized carbons (Fsp3) is 0.536. The van der Waals surface area contributed by atoms with Crippen molar-refractivity contribution >= 4 is 6.03 Å². The minimum absolute atomic E-state index is 0.0893. The first-order chi connectivity index (χ1) is 16.7. The third-order valence-electron chi connectivity index (χ3n) is 8.05. The standard InChI is InChI=1S/C28H37N3O3/c1-34-26-11-5-4-10-23(26)20-12-14-21(15-13-20)27-24-18-30(28(33)29-22-8-2-3-9-22)16-6-7-17-31(24)25(27)19-32/h4-5,10-15,22,24-25,27,32H,2-3,6-9,16-19H2,1H3,(H,29,33)/t24-,25-,27+/m0/s1. The number of hydrogen-bond donors (Lipinski definition) is 2. The van der Waals surface area contributed by atoms with Crippen molar-refractivity contribution in [2.75, 3.05) is 33.4 Å². The number of aliphatic hydroxyl groups is 1. The lowest BCUT2D eigenvalue weighted by Crippen LogP contribution is -2.68. The summed E-state index contributed by atoms with van der Waals surface area (Å²) < 4.78 is 5.54. The number of urea groups is 1. The van der Waals surface area contributed by atoms with Gasteiger partial charge in [0.2, 0.25) is 0 Å². The molecule has 182 valence electrons. The van der Waals surface area contributed by atoms with Crippen LogP contribution < -0.4 is 10.1 Å². The maximum Gasteiger partial charge on any atom is 0.317 e. The van der Waals surface area contributed by atoms with Crippen LogP contribution in [0.4, 0.5) is 4.79 Å². The number of para-hydroxylation sites is 1. The quantitative estimate of drug-likeness (QED) is 0.696. The van der Waals surface area contributed by atoms with Gasteiger partial charge in [0.1, 0.15) is 5.75 Å². The number of fused-ring (bicyclic) bond motifs is 1. The molecule has 2 aliphatic heterocycles. The van der Waals surface area contributed by atoms with Crippen LogP contribution in [-0.2, 0) is 0 Å². The summed E-state index contributed by atoms with van der Waals surface area (Å²) in [7, 11) is 1.70. The Labute approximate surface area is 202 Å². The van der Waals surface area contributed by atoms with Gasteiger partial charge in [-0.1, -0.05) is 55.3 Å². The average molecular weight is 464 g/mol. The molecule has 6 heteroatoms. The zero-order chi connectivity index (χ0) is 23.5. The summed E-state index contributed by atoms with van der Waals surface area (Å²) in [6.07, 6.45) is 6.70. The van der Waals surface area contributed by atoms with Gasteiger partial charge in [0.15, 0.2) is 0 Å². The lowest BCUT2D eigenvalue weighted by atomic mass is 9.74. The fourth-order valence-electron chi connectivity index (χ4n) is 6.23. The van der Waals surface area contributed by atoms with Gasteiger partial charge in [-0.15, -0.1) is 0 Å². The summed E-state index contributed by atoms with van der Waals surface area (Å²) in [5.41, 5.74) is 3.43. The van der Waals surface area contributed by atoms with E-state index < -0.39 is 0 Å². The Kier molecular flexibility index (Phi) is 7.07. The predicted octanol–water partition coefficient (Wildman–Crippen LogP) is 4.24. The van der Waals surface area contributed by atoms with E-state index in [0.717, 1.165) is 55.6 Å². The summed E-state index contributed by atoms with van der Waals surface area (Å²) >= 11 is 0. The molecule has 2 amide bonds. The van der Waals surface area contributed by atoms with Crippen LogP contribution >= 0.6 is 0 Å². The van der Waals surface area contributed by atoms with Crippen LogP contribution in [-0.4, -0.2) is 72.4 Å². The molecule has 2 saturated heterocycles. The van der Waals surface area contributed by atoms with Gasteiger partial charge in [-0.3, -0.25) is 4.90 Å². The average Bonchev–Trinajstić information content (AvgIpc) is 3.36. The molecule has 1 aliphatic carbocycles. The van der Waals surface area contributed by atoms with Gasteiger partial charge in [0.05, 0.1) is 13.7 Å². The molecule has 0 aromatic heterocycles. The predicted molar refractivity (Wildman–Crippen MR) is 134 cm³/mol. The van der Waals surface area contributed by atoms with Crippen LogP contribution in [0.3, 0.4) is 0 Å². The Morgan fingerprint density at radius 3 is 2.50 bits per heavy atom. The first-order valence-electron chi connectivity index (χ1n) is 12.8. The lowest BCUT2D eigenvalue weighted by molar-refractivity contribution is -0.0591. The fourth-order valence-corrected chi connectivity index (χ4v) is 6.23. The number of nitrogens with one attached hydrogen (secondary N) is 1. The van der Waals surface area contributed by atoms with Gasteiger partial charge in [-0.2, -0.15) is 0 Å². The molecule has 2 aromatic carbocycles. The number of hydrogen-bond acceptors (Lipinski definition) is 4. The van der Waals surface area contributed by atoms with Crippen LogP contribution in [0, 0.1) is 0 Å². The van der Waals surface area contributed by atoms with Crippen molar-refractivity contribution in [1.82, 2.24) is 15.1 Å². The number of benzene rings is 2. The Bertz CT molecular complexity index is 973. The number of methoxy groups -OCH3 is 1. The van der Waals surface area contributed by atoms with E-state index in [1.807, 2.05) is 23.1 Å². The monoisotopic (exact) mass is 463 g/mol. The number of carbonyl (C=O) groups excluding carboxylic acids is 1. The van der Waals surface area contributed by atoms with Gasteiger partial charge in [-0.05, 0) is 49.4 Å². The molecule has 5 rings (SSSR count). The van der Waals surface area contributed by atoms with E-state index in [1.165, 1.54) is 18.4 Å². The van der Waals surface area contributed by atoms with Crippen molar-refractivity contribution in [1.29, 1.82) is 0 Å². The SMILES string of the molecule is COc1ccccc1-c1ccc([C@H]2[C@H](CO)N3CCCCN(C(=O)NC4CCCC4)C[C@@H]23)cc1. The van der Waals surface area contributed by atoms with Gasteiger partial charge >= 0.3 is 6.03 Å². The number of amides is 2. The highest BCUT2D eigenvalue weighted by atomic mass is 16.5. The number of aliphatic hydroxyl groups excluding tert-OH is 1. The minimum atomic E-state index is 0.0893. The van der Waals surface area contributed by atoms with Gasteiger partial charge in [0, 0.05) is 42.7 Å². The molecule has 0 spiro atoms. The normalized spacial score (nSPS) is 25.7. The largest absolute Gasteiger partial charge is 0.496 e. The summed E-state index contributed by atoms with van der Waals surface area (Å²) in [5, 5.41) is 13.5. The van der Waals surface area contributed by atoms with E-state index in [2.05, 4.69) is 40.5 Å². The van der Waals surface area contributed by atoms with Crippen LogP contribution in [0.15, 0.2) is 48.5 Å². The van der Waals surface area contributed by atoms with Crippen molar-refractivity contribution in [3.8, 4) is 16.9 Å². The second-order valence-electron chi connectivity index (χ2n) is 9.99. The summed E-state index contributed by atoms with van der Waals surface area (Å²) in [5.74, 6) is 1.08. The number of nitrogens with zero attached hydrogens (tertiary/aromatic N) is 2. The van der Waals surface area contributed by atoms with Crippen LogP contribution in [0.5, 0.6) is 5.75 Å². The maximum absolute atomic E-state index is 13.1. The molecule has 34 heavy (non-hydrogen) atoms. The van der Waals surface area contributed by atoms with Crippen LogP contribution in [0.2, 0.25) is 0 Å². The zero-order valence-electron chi connectivity index (χ0n) is 20.2. The Morgan fingerprint density at radius 2 is 1.76 bits per heavy atom. The molecule has 2 heterocycles. The van der Waals surface area contributed by atoms with E-state index >= 15 is 0 Å². The molecular weight excluding hydrogens is 426 g/mol. The number of carbonyl (C=O) groups is 1. The molecule has 1 saturated carbocycles. The summed E-state index contributed by atoms with van der Waals surface area (Å²) in [6.45, 7) is 2.66. The second kappa shape index (κ2) is 10.4. The number of ether oxygens (including phenoxy) is 1. The number of rotatable bonds is 5. The molecule has 0 bridgehead atoms. The zero-order valence-corrected chi connectivity index (χ0v) is 20.2. The highest BCUT2D eigenvalue weighted by Gasteiger charge is 2.49. The molecule has 0 unspecified atom stereocenters. The van der Waals surface area contributed by atoms with E-state index in [0.29, 0.717) is 12.6 Å². The highest BCUT2D eigenvalue weighted by Crippen LogP contribution is 2.42. The molecule has 0 radical (unpaired) electrons. The minimum Gasteiger partial charge on any atom is -0.496 e. The van der Waals surface area contributed by atoms with Crippen molar-refractivity contribution in [3.05, 3.63) is 54.1 Å². The topological polar surface area (TPSA) is 65.0 Å². The van der Waals surface area contributed by atoms with Crippen molar-refractivity contribution in [2.45, 2.75) is 62.6 Å². The van der Waals surface area contributed by atoms with Crippen molar-refractivity contribution < 1.29 is 14.6 Å². The van der Waals surface area contributed by atoms with Crippen LogP contribution in [0.25, 0.3) is 11.1 Å². The molecule has 3 fully saturated rings. The molecule has 2 aromatic rings. The van der Waals surface area contributed by atoms with Gasteiger partial charge < -0.3 is 20.1 Å². The second-order valence-corrected chi connectivity index (χ2v) is 9.99. The van der Waals surface area contributed by atoms with E-state index in [-0.39, 0.29) is 30.6 Å².